The molecule has 0 aliphatic carbocycles. The fraction of sp³-hybridized carbons (Fsp3) is 0.125. The van der Waals surface area contributed by atoms with Gasteiger partial charge in [0.05, 0.1) is 12.8 Å². The number of hydrogen-bond acceptors (Lipinski definition) is 4. The Balaban J connectivity index is 1.92. The van der Waals surface area contributed by atoms with Gasteiger partial charge in [0, 0.05) is 16.7 Å². The van der Waals surface area contributed by atoms with Gasteiger partial charge in [-0.1, -0.05) is 11.6 Å². The minimum Gasteiger partial charge on any atom is -0.495 e. The summed E-state index contributed by atoms with van der Waals surface area (Å²) in [5.74, 6) is 0.239. The lowest BCUT2D eigenvalue weighted by molar-refractivity contribution is 0.102. The Hall–Kier alpha value is -2.53. The van der Waals surface area contributed by atoms with E-state index in [-0.39, 0.29) is 5.91 Å². The lowest BCUT2D eigenvalue weighted by Crippen LogP contribution is -2.12. The molecule has 1 heterocycles. The summed E-state index contributed by atoms with van der Waals surface area (Å²) in [6.07, 6.45) is 1.35. The second kappa shape index (κ2) is 5.69. The monoisotopic (exact) mass is 316 g/mol. The van der Waals surface area contributed by atoms with Crippen LogP contribution in [0.5, 0.6) is 5.75 Å². The zero-order chi connectivity index (χ0) is 15.7. The van der Waals surface area contributed by atoms with Gasteiger partial charge in [0.25, 0.3) is 5.91 Å². The highest BCUT2D eigenvalue weighted by atomic mass is 35.5. The molecule has 0 unspecified atom stereocenters. The largest absolute Gasteiger partial charge is 0.495 e. The summed E-state index contributed by atoms with van der Waals surface area (Å²) in [5.41, 5.74) is 3.15. The predicted octanol–water partition coefficient (Wildman–Crippen LogP) is 4.05. The highest BCUT2D eigenvalue weighted by molar-refractivity contribution is 6.31. The maximum atomic E-state index is 12.4. The van der Waals surface area contributed by atoms with Crippen molar-refractivity contribution in [1.29, 1.82) is 0 Å². The fourth-order valence-electron chi connectivity index (χ4n) is 2.12. The molecule has 2 aromatic carbocycles. The molecule has 3 rings (SSSR count). The van der Waals surface area contributed by atoms with Crippen molar-refractivity contribution in [3.05, 3.63) is 52.9 Å². The number of aryl methyl sites for hydroxylation is 1. The van der Waals surface area contributed by atoms with E-state index in [0.717, 1.165) is 5.56 Å². The molecular formula is C16H13ClN2O3. The first-order valence-electron chi connectivity index (χ1n) is 6.57. The summed E-state index contributed by atoms with van der Waals surface area (Å²) in [6.45, 7) is 1.86. The Morgan fingerprint density at radius 2 is 2.14 bits per heavy atom. The van der Waals surface area contributed by atoms with Crippen molar-refractivity contribution >= 4 is 34.3 Å². The molecule has 5 nitrogen and oxygen atoms in total. The third-order valence-corrected chi connectivity index (χ3v) is 3.73. The van der Waals surface area contributed by atoms with Gasteiger partial charge in [0.1, 0.15) is 11.3 Å². The molecule has 1 N–H and O–H groups in total. The molecule has 22 heavy (non-hydrogen) atoms. The molecule has 0 bridgehead atoms. The fourth-order valence-corrected chi connectivity index (χ4v) is 2.27. The van der Waals surface area contributed by atoms with Crippen LogP contribution in [0.25, 0.3) is 11.1 Å². The Labute approximate surface area is 131 Å². The van der Waals surface area contributed by atoms with Crippen LogP contribution in [-0.2, 0) is 0 Å². The van der Waals surface area contributed by atoms with Crippen molar-refractivity contribution in [2.45, 2.75) is 6.92 Å². The van der Waals surface area contributed by atoms with E-state index in [2.05, 4.69) is 10.3 Å². The molecule has 0 atom stereocenters. The Kier molecular flexibility index (Phi) is 3.73. The molecule has 1 aromatic heterocycles. The number of ether oxygens (including phenoxy) is 1. The lowest BCUT2D eigenvalue weighted by atomic mass is 10.1. The van der Waals surface area contributed by atoms with Crippen LogP contribution < -0.4 is 10.1 Å². The van der Waals surface area contributed by atoms with Gasteiger partial charge in [-0.25, -0.2) is 4.98 Å². The first-order valence-corrected chi connectivity index (χ1v) is 6.95. The molecule has 1 amide bonds. The summed E-state index contributed by atoms with van der Waals surface area (Å²) < 4.78 is 10.5. The zero-order valence-electron chi connectivity index (χ0n) is 12.0. The third kappa shape index (κ3) is 2.63. The summed E-state index contributed by atoms with van der Waals surface area (Å²) in [4.78, 5) is 16.4. The minimum atomic E-state index is -0.265. The van der Waals surface area contributed by atoms with E-state index >= 15 is 0 Å². The standard InChI is InChI=1S/C16H13ClN2O3/c1-9-5-13(14(21-2)7-11(9)17)19-16(20)10-3-4-12-15(6-10)22-8-18-12/h3-8H,1-2H3,(H,19,20). The second-order valence-corrected chi connectivity index (χ2v) is 5.20. The number of amides is 1. The molecule has 0 aliphatic heterocycles. The molecule has 0 saturated heterocycles. The van der Waals surface area contributed by atoms with Crippen molar-refractivity contribution < 1.29 is 13.9 Å². The number of rotatable bonds is 3. The maximum Gasteiger partial charge on any atom is 0.255 e. The van der Waals surface area contributed by atoms with Crippen LogP contribution in [0.15, 0.2) is 41.1 Å². The first kappa shape index (κ1) is 14.4. The highest BCUT2D eigenvalue weighted by Gasteiger charge is 2.13. The SMILES string of the molecule is COc1cc(Cl)c(C)cc1NC(=O)c1ccc2ncoc2c1. The van der Waals surface area contributed by atoms with Gasteiger partial charge >= 0.3 is 0 Å². The van der Waals surface area contributed by atoms with Crippen LogP contribution in [0.4, 0.5) is 5.69 Å². The molecule has 112 valence electrons. The average molecular weight is 317 g/mol. The average Bonchev–Trinajstić information content (AvgIpc) is 2.98. The first-order chi connectivity index (χ1) is 10.6. The van der Waals surface area contributed by atoms with E-state index in [1.165, 1.54) is 13.5 Å². The normalized spacial score (nSPS) is 10.7. The summed E-state index contributed by atoms with van der Waals surface area (Å²) in [5, 5.41) is 3.40. The van der Waals surface area contributed by atoms with E-state index in [4.69, 9.17) is 20.8 Å². The van der Waals surface area contributed by atoms with Crippen molar-refractivity contribution in [3.8, 4) is 5.75 Å². The number of halogens is 1. The van der Waals surface area contributed by atoms with Gasteiger partial charge < -0.3 is 14.5 Å². The lowest BCUT2D eigenvalue weighted by Gasteiger charge is -2.12. The zero-order valence-corrected chi connectivity index (χ0v) is 12.8. The maximum absolute atomic E-state index is 12.4. The third-order valence-electron chi connectivity index (χ3n) is 3.32. The van der Waals surface area contributed by atoms with Crippen LogP contribution in [0.1, 0.15) is 15.9 Å². The molecule has 0 saturated carbocycles. The second-order valence-electron chi connectivity index (χ2n) is 4.79. The Morgan fingerprint density at radius 1 is 1.32 bits per heavy atom. The van der Waals surface area contributed by atoms with E-state index in [0.29, 0.717) is 33.1 Å². The number of aromatic nitrogens is 1. The number of hydrogen-bond donors (Lipinski definition) is 1. The number of oxazole rings is 1. The van der Waals surface area contributed by atoms with E-state index in [1.807, 2.05) is 6.92 Å². The number of nitrogens with one attached hydrogen (secondary N) is 1. The molecule has 0 fully saturated rings. The van der Waals surface area contributed by atoms with Crippen LogP contribution in [0.3, 0.4) is 0 Å². The molecule has 6 heteroatoms. The van der Waals surface area contributed by atoms with Gasteiger partial charge in [-0.05, 0) is 36.8 Å². The van der Waals surface area contributed by atoms with E-state index in [1.54, 1.807) is 30.3 Å². The minimum absolute atomic E-state index is 0.265. The highest BCUT2D eigenvalue weighted by Crippen LogP contribution is 2.31. The number of fused-ring (bicyclic) bond motifs is 1. The van der Waals surface area contributed by atoms with Crippen molar-refractivity contribution in [2.24, 2.45) is 0 Å². The summed E-state index contributed by atoms with van der Waals surface area (Å²) in [6, 6.07) is 8.51. The number of anilines is 1. The number of carbonyl (C=O) groups excluding carboxylic acids is 1. The van der Waals surface area contributed by atoms with Gasteiger partial charge in [0.2, 0.25) is 0 Å². The van der Waals surface area contributed by atoms with E-state index < -0.39 is 0 Å². The van der Waals surface area contributed by atoms with Crippen LogP contribution in [-0.4, -0.2) is 18.0 Å². The Bertz CT molecular complexity index is 858. The quantitative estimate of drug-likeness (QED) is 0.791. The molecule has 0 radical (unpaired) electrons. The number of benzene rings is 2. The smallest absolute Gasteiger partial charge is 0.255 e. The van der Waals surface area contributed by atoms with Crippen LogP contribution in [0.2, 0.25) is 5.02 Å². The molecular weight excluding hydrogens is 304 g/mol. The van der Waals surface area contributed by atoms with Crippen LogP contribution >= 0.6 is 11.6 Å². The number of methoxy groups -OCH3 is 1. The Morgan fingerprint density at radius 3 is 2.91 bits per heavy atom. The van der Waals surface area contributed by atoms with Gasteiger partial charge in [-0.3, -0.25) is 4.79 Å². The molecule has 0 spiro atoms. The van der Waals surface area contributed by atoms with Gasteiger partial charge in [0.15, 0.2) is 12.0 Å². The molecule has 0 aliphatic rings. The van der Waals surface area contributed by atoms with Gasteiger partial charge in [-0.15, -0.1) is 0 Å². The number of carbonyl (C=O) groups is 1. The van der Waals surface area contributed by atoms with Crippen molar-refractivity contribution in [2.75, 3.05) is 12.4 Å². The van der Waals surface area contributed by atoms with Gasteiger partial charge in [-0.2, -0.15) is 0 Å². The summed E-state index contributed by atoms with van der Waals surface area (Å²) in [7, 11) is 1.53. The topological polar surface area (TPSA) is 64.4 Å². The van der Waals surface area contributed by atoms with Crippen molar-refractivity contribution in [1.82, 2.24) is 4.98 Å². The van der Waals surface area contributed by atoms with E-state index in [9.17, 15) is 4.79 Å². The summed E-state index contributed by atoms with van der Waals surface area (Å²) >= 11 is 6.06. The predicted molar refractivity (Wildman–Crippen MR) is 84.7 cm³/mol. The van der Waals surface area contributed by atoms with Crippen molar-refractivity contribution in [3.63, 3.8) is 0 Å². The van der Waals surface area contributed by atoms with Crippen LogP contribution in [0, 0.1) is 6.92 Å². The number of nitrogens with zero attached hydrogens (tertiary/aromatic N) is 1. The molecule has 3 aromatic rings.